The van der Waals surface area contributed by atoms with Gasteiger partial charge in [-0.1, -0.05) is 13.8 Å². The lowest BCUT2D eigenvalue weighted by molar-refractivity contribution is -0.0939. The molecular formula is C13H18F3N. The number of hydrogen-bond acceptors (Lipinski definition) is 1. The monoisotopic (exact) mass is 245 g/mol. The number of alkyl halides is 3. The van der Waals surface area contributed by atoms with Gasteiger partial charge in [0.1, 0.15) is 0 Å². The van der Waals surface area contributed by atoms with E-state index in [0.717, 1.165) is 5.70 Å². The summed E-state index contributed by atoms with van der Waals surface area (Å²) in [5.74, 6) is 0.150. The van der Waals surface area contributed by atoms with Crippen LogP contribution in [0.4, 0.5) is 13.2 Å². The molecule has 0 aliphatic carbocycles. The lowest BCUT2D eigenvalue weighted by atomic mass is 10.1. The molecule has 0 aromatic rings. The van der Waals surface area contributed by atoms with E-state index in [1.54, 1.807) is 4.90 Å². The lowest BCUT2D eigenvalue weighted by Gasteiger charge is -2.29. The molecule has 0 aromatic carbocycles. The largest absolute Gasteiger partial charge is 0.414 e. The van der Waals surface area contributed by atoms with Gasteiger partial charge in [0.15, 0.2) is 0 Å². The van der Waals surface area contributed by atoms with Crippen LogP contribution < -0.4 is 0 Å². The molecule has 0 saturated carbocycles. The second-order valence-corrected chi connectivity index (χ2v) is 4.75. The average molecular weight is 245 g/mol. The Bertz CT molecular complexity index is 369. The molecule has 1 heterocycles. The Labute approximate surface area is 100 Å². The van der Waals surface area contributed by atoms with Crippen molar-refractivity contribution in [3.63, 3.8) is 0 Å². The van der Waals surface area contributed by atoms with Gasteiger partial charge in [0.05, 0.1) is 11.3 Å². The Morgan fingerprint density at radius 3 is 2.24 bits per heavy atom. The molecule has 4 heteroatoms. The van der Waals surface area contributed by atoms with Gasteiger partial charge in [-0.25, -0.2) is 0 Å². The van der Waals surface area contributed by atoms with Crippen LogP contribution in [0.15, 0.2) is 29.3 Å². The third-order valence-corrected chi connectivity index (χ3v) is 2.61. The van der Waals surface area contributed by atoms with E-state index in [0.29, 0.717) is 0 Å². The van der Waals surface area contributed by atoms with Crippen molar-refractivity contribution < 1.29 is 13.2 Å². The van der Waals surface area contributed by atoms with Crippen LogP contribution >= 0.6 is 0 Å². The molecule has 0 unspecified atom stereocenters. The van der Waals surface area contributed by atoms with E-state index in [4.69, 9.17) is 0 Å². The summed E-state index contributed by atoms with van der Waals surface area (Å²) >= 11 is 0. The first-order chi connectivity index (χ1) is 7.73. The SMILES string of the molecule is CC(C)C1=C=CCC(C(F)(F)F)=CN1C(C)C. The number of rotatable bonds is 2. The smallest absolute Gasteiger partial charge is 0.342 e. The van der Waals surface area contributed by atoms with Crippen molar-refractivity contribution in [3.05, 3.63) is 29.3 Å². The zero-order chi connectivity index (χ0) is 13.2. The van der Waals surface area contributed by atoms with Crippen molar-refractivity contribution in [2.75, 3.05) is 0 Å². The molecule has 0 aromatic heterocycles. The van der Waals surface area contributed by atoms with Crippen LogP contribution in [-0.2, 0) is 0 Å². The summed E-state index contributed by atoms with van der Waals surface area (Å²) in [6.07, 6.45) is -1.69. The maximum Gasteiger partial charge on any atom is 0.414 e. The fourth-order valence-corrected chi connectivity index (χ4v) is 1.71. The summed E-state index contributed by atoms with van der Waals surface area (Å²) in [5.41, 5.74) is 3.27. The minimum absolute atomic E-state index is 0.0104. The minimum Gasteiger partial charge on any atom is -0.342 e. The van der Waals surface area contributed by atoms with E-state index >= 15 is 0 Å². The summed E-state index contributed by atoms with van der Waals surface area (Å²) in [4.78, 5) is 1.66. The minimum atomic E-state index is -4.27. The third-order valence-electron chi connectivity index (χ3n) is 2.61. The van der Waals surface area contributed by atoms with Crippen molar-refractivity contribution in [2.45, 2.75) is 46.3 Å². The van der Waals surface area contributed by atoms with Crippen molar-refractivity contribution in [3.8, 4) is 0 Å². The van der Waals surface area contributed by atoms with E-state index in [-0.39, 0.29) is 18.4 Å². The number of hydrogen-bond donors (Lipinski definition) is 0. The number of nitrogens with zero attached hydrogens (tertiary/aromatic N) is 1. The van der Waals surface area contributed by atoms with Gasteiger partial charge in [-0.05, 0) is 19.9 Å². The van der Waals surface area contributed by atoms with E-state index < -0.39 is 11.7 Å². The normalized spacial score (nSPS) is 17.4. The van der Waals surface area contributed by atoms with Crippen LogP contribution in [0.5, 0.6) is 0 Å². The van der Waals surface area contributed by atoms with Crippen molar-refractivity contribution >= 4 is 0 Å². The van der Waals surface area contributed by atoms with E-state index in [9.17, 15) is 13.2 Å². The third kappa shape index (κ3) is 3.40. The van der Waals surface area contributed by atoms with Gasteiger partial charge < -0.3 is 4.90 Å². The molecule has 0 spiro atoms. The fraction of sp³-hybridized carbons (Fsp3) is 0.615. The summed E-state index contributed by atoms with van der Waals surface area (Å²) < 4.78 is 38.2. The maximum atomic E-state index is 12.7. The zero-order valence-corrected chi connectivity index (χ0v) is 10.6. The quantitative estimate of drug-likeness (QED) is 0.658. The maximum absolute atomic E-state index is 12.7. The Kier molecular flexibility index (Phi) is 4.10. The highest BCUT2D eigenvalue weighted by Crippen LogP contribution is 2.32. The first-order valence-electron chi connectivity index (χ1n) is 5.74. The van der Waals surface area contributed by atoms with Crippen molar-refractivity contribution in [2.24, 2.45) is 5.92 Å². The van der Waals surface area contributed by atoms with Crippen LogP contribution in [0, 0.1) is 5.92 Å². The lowest BCUT2D eigenvalue weighted by Crippen LogP contribution is -2.28. The molecule has 17 heavy (non-hydrogen) atoms. The van der Waals surface area contributed by atoms with Gasteiger partial charge in [-0.2, -0.15) is 13.2 Å². The highest BCUT2D eigenvalue weighted by Gasteiger charge is 2.34. The molecular weight excluding hydrogens is 227 g/mol. The second-order valence-electron chi connectivity index (χ2n) is 4.75. The summed E-state index contributed by atoms with van der Waals surface area (Å²) in [5, 5.41) is 0. The van der Waals surface area contributed by atoms with Crippen LogP contribution in [0.3, 0.4) is 0 Å². The zero-order valence-electron chi connectivity index (χ0n) is 10.6. The predicted molar refractivity (Wildman–Crippen MR) is 62.2 cm³/mol. The van der Waals surface area contributed by atoms with E-state index in [1.165, 1.54) is 12.3 Å². The molecule has 1 nitrogen and oxygen atoms in total. The molecule has 0 saturated heterocycles. The van der Waals surface area contributed by atoms with Crippen LogP contribution in [0.2, 0.25) is 0 Å². The molecule has 1 rings (SSSR count). The molecule has 1 aliphatic heterocycles. The molecule has 96 valence electrons. The topological polar surface area (TPSA) is 3.24 Å². The Morgan fingerprint density at radius 1 is 1.24 bits per heavy atom. The van der Waals surface area contributed by atoms with Gasteiger partial charge in [0.2, 0.25) is 0 Å². The second kappa shape index (κ2) is 5.01. The number of allylic oxidation sites excluding steroid dienone is 2. The fourth-order valence-electron chi connectivity index (χ4n) is 1.71. The van der Waals surface area contributed by atoms with Crippen molar-refractivity contribution in [1.82, 2.24) is 4.90 Å². The summed E-state index contributed by atoms with van der Waals surface area (Å²) in [6, 6.07) is -0.0104. The molecule has 0 bridgehead atoms. The highest BCUT2D eigenvalue weighted by atomic mass is 19.4. The van der Waals surface area contributed by atoms with E-state index in [1.807, 2.05) is 27.7 Å². The molecule has 1 aliphatic rings. The highest BCUT2D eigenvalue weighted by molar-refractivity contribution is 5.21. The van der Waals surface area contributed by atoms with Gasteiger partial charge in [-0.3, -0.25) is 0 Å². The van der Waals surface area contributed by atoms with Gasteiger partial charge in [-0.15, -0.1) is 5.73 Å². The summed E-state index contributed by atoms with van der Waals surface area (Å²) in [6.45, 7) is 7.66. The first-order valence-corrected chi connectivity index (χ1v) is 5.74. The Balaban J connectivity index is 3.17. The number of halogens is 3. The van der Waals surface area contributed by atoms with Gasteiger partial charge >= 0.3 is 6.18 Å². The summed E-state index contributed by atoms with van der Waals surface area (Å²) in [7, 11) is 0. The predicted octanol–water partition coefficient (Wildman–Crippen LogP) is 4.24. The molecule has 0 N–H and O–H groups in total. The van der Waals surface area contributed by atoms with Gasteiger partial charge in [0.25, 0.3) is 0 Å². The standard InChI is InChI=1S/C13H18F3N/c1-9(2)12-7-5-6-11(13(14,15)16)8-17(12)10(3)4/h5,8-10H,6H2,1-4H3. The first kappa shape index (κ1) is 13.9. The average Bonchev–Trinajstić information content (AvgIpc) is 2.37. The van der Waals surface area contributed by atoms with Crippen LogP contribution in [0.25, 0.3) is 0 Å². The molecule has 0 amide bonds. The Morgan fingerprint density at radius 2 is 1.82 bits per heavy atom. The van der Waals surface area contributed by atoms with Crippen LogP contribution in [-0.4, -0.2) is 17.1 Å². The molecule has 0 atom stereocenters. The van der Waals surface area contributed by atoms with Crippen LogP contribution in [0.1, 0.15) is 34.1 Å². The van der Waals surface area contributed by atoms with E-state index in [2.05, 4.69) is 5.73 Å². The Hall–Kier alpha value is -1.15. The molecule has 0 radical (unpaired) electrons. The van der Waals surface area contributed by atoms with Crippen molar-refractivity contribution in [1.29, 1.82) is 0 Å². The van der Waals surface area contributed by atoms with Gasteiger partial charge in [0, 0.05) is 24.6 Å². The molecule has 0 fully saturated rings.